The lowest BCUT2D eigenvalue weighted by atomic mass is 10.1. The molecule has 1 amide bonds. The van der Waals surface area contributed by atoms with Gasteiger partial charge in [0.2, 0.25) is 5.88 Å². The number of benzene rings is 1. The fraction of sp³-hybridized carbons (Fsp3) is 0.381. The van der Waals surface area contributed by atoms with Crippen molar-refractivity contribution in [3.05, 3.63) is 59.8 Å². The number of nitrogens with zero attached hydrogens (tertiary/aromatic N) is 4. The predicted octanol–water partition coefficient (Wildman–Crippen LogP) is 2.63. The minimum Gasteiger partial charge on any atom is -0.472 e. The normalized spacial score (nSPS) is 16.2. The van der Waals surface area contributed by atoms with Gasteiger partial charge in [-0.05, 0) is 23.8 Å². The number of halogens is 1. The van der Waals surface area contributed by atoms with Crippen molar-refractivity contribution in [1.82, 2.24) is 20.1 Å². The van der Waals surface area contributed by atoms with Gasteiger partial charge in [0.15, 0.2) is 5.96 Å². The van der Waals surface area contributed by atoms with Gasteiger partial charge in [-0.15, -0.1) is 24.0 Å². The standard InChI is InChI=1S/C21H27N5O2.HI/c1-22-21(24-14-16-7-6-8-17(13-16)20(27)25(2)3)26-12-10-18(15-26)28-19-9-4-5-11-23-19;/h4-9,11,13,18H,10,12,14-15H2,1-3H3,(H,22,24);1H. The third-order valence-electron chi connectivity index (χ3n) is 4.61. The second-order valence-corrected chi connectivity index (χ2v) is 6.94. The Hall–Kier alpha value is -2.36. The SMILES string of the molecule is CN=C(NCc1cccc(C(=O)N(C)C)c1)N1CCC(Oc2ccccn2)C1.I. The molecule has 0 radical (unpaired) electrons. The lowest BCUT2D eigenvalue weighted by Crippen LogP contribution is -2.40. The average molecular weight is 509 g/mol. The summed E-state index contributed by atoms with van der Waals surface area (Å²) in [4.78, 5) is 24.5. The molecule has 1 saturated heterocycles. The molecule has 2 aromatic rings. The quantitative estimate of drug-likeness (QED) is 0.382. The van der Waals surface area contributed by atoms with Crippen molar-refractivity contribution >= 4 is 35.8 Å². The van der Waals surface area contributed by atoms with Crippen LogP contribution in [0, 0.1) is 0 Å². The van der Waals surface area contributed by atoms with Crippen molar-refractivity contribution in [2.45, 2.75) is 19.1 Å². The second kappa shape index (κ2) is 11.0. The number of carbonyl (C=O) groups is 1. The summed E-state index contributed by atoms with van der Waals surface area (Å²) in [7, 11) is 5.29. The van der Waals surface area contributed by atoms with Crippen LogP contribution in [0.2, 0.25) is 0 Å². The van der Waals surface area contributed by atoms with E-state index in [4.69, 9.17) is 4.74 Å². The molecule has 1 aliphatic heterocycles. The third-order valence-corrected chi connectivity index (χ3v) is 4.61. The topological polar surface area (TPSA) is 70.1 Å². The van der Waals surface area contributed by atoms with Gasteiger partial charge in [-0.2, -0.15) is 0 Å². The van der Waals surface area contributed by atoms with E-state index in [1.807, 2.05) is 42.5 Å². The van der Waals surface area contributed by atoms with Crippen LogP contribution < -0.4 is 10.1 Å². The molecule has 1 aromatic carbocycles. The summed E-state index contributed by atoms with van der Waals surface area (Å²) in [6.45, 7) is 2.23. The highest BCUT2D eigenvalue weighted by Crippen LogP contribution is 2.16. The number of hydrogen-bond acceptors (Lipinski definition) is 4. The summed E-state index contributed by atoms with van der Waals surface area (Å²) >= 11 is 0. The molecular weight excluding hydrogens is 481 g/mol. The Morgan fingerprint density at radius 3 is 2.83 bits per heavy atom. The predicted molar refractivity (Wildman–Crippen MR) is 125 cm³/mol. The Morgan fingerprint density at radius 2 is 2.14 bits per heavy atom. The Labute approximate surface area is 189 Å². The van der Waals surface area contributed by atoms with Gasteiger partial charge in [0.25, 0.3) is 5.91 Å². The van der Waals surface area contributed by atoms with E-state index in [0.717, 1.165) is 31.0 Å². The Bertz CT molecular complexity index is 829. The first-order chi connectivity index (χ1) is 13.6. The molecule has 0 bridgehead atoms. The second-order valence-electron chi connectivity index (χ2n) is 6.94. The first-order valence-corrected chi connectivity index (χ1v) is 9.40. The van der Waals surface area contributed by atoms with E-state index in [9.17, 15) is 4.79 Å². The van der Waals surface area contributed by atoms with E-state index in [0.29, 0.717) is 18.0 Å². The number of likely N-dealkylation sites (tertiary alicyclic amines) is 1. The number of rotatable bonds is 5. The molecule has 1 aliphatic rings. The highest BCUT2D eigenvalue weighted by Gasteiger charge is 2.26. The molecule has 8 heteroatoms. The summed E-state index contributed by atoms with van der Waals surface area (Å²) < 4.78 is 5.95. The van der Waals surface area contributed by atoms with Crippen LogP contribution in [0.3, 0.4) is 0 Å². The Morgan fingerprint density at radius 1 is 1.31 bits per heavy atom. The highest BCUT2D eigenvalue weighted by atomic mass is 127. The van der Waals surface area contributed by atoms with Gasteiger partial charge in [0.05, 0.1) is 6.54 Å². The monoisotopic (exact) mass is 509 g/mol. The number of aromatic nitrogens is 1. The summed E-state index contributed by atoms with van der Waals surface area (Å²) in [6, 6.07) is 13.3. The maximum Gasteiger partial charge on any atom is 0.253 e. The lowest BCUT2D eigenvalue weighted by molar-refractivity contribution is 0.0827. The number of amides is 1. The number of nitrogens with one attached hydrogen (secondary N) is 1. The van der Waals surface area contributed by atoms with Crippen LogP contribution in [0.25, 0.3) is 0 Å². The minimum atomic E-state index is 0. The summed E-state index contributed by atoms with van der Waals surface area (Å²) in [5, 5.41) is 3.39. The highest BCUT2D eigenvalue weighted by molar-refractivity contribution is 14.0. The van der Waals surface area contributed by atoms with E-state index >= 15 is 0 Å². The summed E-state index contributed by atoms with van der Waals surface area (Å²) in [6.07, 6.45) is 2.75. The van der Waals surface area contributed by atoms with Gasteiger partial charge in [-0.1, -0.05) is 18.2 Å². The molecule has 3 rings (SSSR count). The van der Waals surface area contributed by atoms with Crippen LogP contribution in [0.15, 0.2) is 53.7 Å². The number of aliphatic imine (C=N–C) groups is 1. The zero-order valence-corrected chi connectivity index (χ0v) is 19.4. The van der Waals surface area contributed by atoms with Crippen molar-refractivity contribution in [3.8, 4) is 5.88 Å². The van der Waals surface area contributed by atoms with Crippen LogP contribution in [0.4, 0.5) is 0 Å². The number of carbonyl (C=O) groups excluding carboxylic acids is 1. The molecule has 0 aliphatic carbocycles. The maximum atomic E-state index is 12.1. The molecule has 1 N–H and O–H groups in total. The van der Waals surface area contributed by atoms with Gasteiger partial charge in [0, 0.05) is 58.5 Å². The molecule has 1 fully saturated rings. The molecule has 0 saturated carbocycles. The van der Waals surface area contributed by atoms with Gasteiger partial charge < -0.3 is 19.9 Å². The molecule has 7 nitrogen and oxygen atoms in total. The molecule has 1 unspecified atom stereocenters. The number of ether oxygens (including phenoxy) is 1. The maximum absolute atomic E-state index is 12.1. The van der Waals surface area contributed by atoms with E-state index in [1.54, 1.807) is 32.2 Å². The van der Waals surface area contributed by atoms with Gasteiger partial charge in [-0.25, -0.2) is 4.98 Å². The number of guanidine groups is 1. The van der Waals surface area contributed by atoms with Crippen LogP contribution in [0.1, 0.15) is 22.3 Å². The zero-order chi connectivity index (χ0) is 19.9. The molecule has 2 heterocycles. The van der Waals surface area contributed by atoms with Gasteiger partial charge in [-0.3, -0.25) is 9.79 Å². The van der Waals surface area contributed by atoms with E-state index < -0.39 is 0 Å². The first kappa shape index (κ1) is 22.9. The molecule has 1 atom stereocenters. The van der Waals surface area contributed by atoms with Crippen molar-refractivity contribution in [3.63, 3.8) is 0 Å². The fourth-order valence-corrected chi connectivity index (χ4v) is 3.19. The van der Waals surface area contributed by atoms with Crippen LogP contribution in [0.5, 0.6) is 5.88 Å². The Balaban J connectivity index is 0.00000300. The molecular formula is C21H28IN5O2. The first-order valence-electron chi connectivity index (χ1n) is 9.40. The van der Waals surface area contributed by atoms with Crippen LogP contribution >= 0.6 is 24.0 Å². The summed E-state index contributed by atoms with van der Waals surface area (Å²) in [5.74, 6) is 1.48. The average Bonchev–Trinajstić information content (AvgIpc) is 3.17. The number of hydrogen-bond donors (Lipinski definition) is 1. The zero-order valence-electron chi connectivity index (χ0n) is 17.0. The Kier molecular flexibility index (Phi) is 8.69. The van der Waals surface area contributed by atoms with E-state index in [-0.39, 0.29) is 36.0 Å². The summed E-state index contributed by atoms with van der Waals surface area (Å²) in [5.41, 5.74) is 1.72. The van der Waals surface area contributed by atoms with Crippen molar-refractivity contribution in [2.75, 3.05) is 34.2 Å². The third kappa shape index (κ3) is 6.31. The van der Waals surface area contributed by atoms with Gasteiger partial charge in [0.1, 0.15) is 6.10 Å². The number of pyridine rings is 1. The molecule has 0 spiro atoms. The van der Waals surface area contributed by atoms with Crippen molar-refractivity contribution < 1.29 is 9.53 Å². The van der Waals surface area contributed by atoms with Crippen LogP contribution in [-0.2, 0) is 6.54 Å². The fourth-order valence-electron chi connectivity index (χ4n) is 3.19. The lowest BCUT2D eigenvalue weighted by Gasteiger charge is -2.22. The minimum absolute atomic E-state index is 0. The molecule has 156 valence electrons. The van der Waals surface area contributed by atoms with Crippen LogP contribution in [-0.4, -0.2) is 67.0 Å². The molecule has 29 heavy (non-hydrogen) atoms. The smallest absolute Gasteiger partial charge is 0.253 e. The largest absolute Gasteiger partial charge is 0.472 e. The van der Waals surface area contributed by atoms with Crippen molar-refractivity contribution in [2.24, 2.45) is 4.99 Å². The molecule has 1 aromatic heterocycles. The van der Waals surface area contributed by atoms with Crippen molar-refractivity contribution in [1.29, 1.82) is 0 Å². The van der Waals surface area contributed by atoms with E-state index in [1.165, 1.54) is 0 Å². The van der Waals surface area contributed by atoms with Gasteiger partial charge >= 0.3 is 0 Å². The van der Waals surface area contributed by atoms with E-state index in [2.05, 4.69) is 20.2 Å².